The van der Waals surface area contributed by atoms with Crippen LogP contribution in [0, 0.1) is 11.8 Å². The van der Waals surface area contributed by atoms with Crippen LogP contribution in [0.25, 0.3) is 0 Å². The lowest BCUT2D eigenvalue weighted by Crippen LogP contribution is -2.33. The Morgan fingerprint density at radius 2 is 2.00 bits per heavy atom. The number of hydrogen-bond acceptors (Lipinski definition) is 3. The van der Waals surface area contributed by atoms with Crippen LogP contribution in [-0.4, -0.2) is 25.9 Å². The Balaban J connectivity index is 2.25. The highest BCUT2D eigenvalue weighted by atomic mass is 16.5. The van der Waals surface area contributed by atoms with Crippen LogP contribution in [0.2, 0.25) is 0 Å². The molecule has 20 heavy (non-hydrogen) atoms. The molecule has 0 aromatic heterocycles. The second kappa shape index (κ2) is 6.59. The maximum absolute atomic E-state index is 6.00. The zero-order valence-corrected chi connectivity index (χ0v) is 13.2. The van der Waals surface area contributed by atoms with Crippen molar-refractivity contribution in [2.75, 3.05) is 13.7 Å². The van der Waals surface area contributed by atoms with Crippen molar-refractivity contribution in [3.63, 3.8) is 0 Å². The molecule has 0 radical (unpaired) electrons. The van der Waals surface area contributed by atoms with E-state index in [1.54, 1.807) is 0 Å². The highest BCUT2D eigenvalue weighted by Gasteiger charge is 2.41. The van der Waals surface area contributed by atoms with E-state index in [-0.39, 0.29) is 6.10 Å². The molecular weight excluding hydrogens is 250 g/mol. The summed E-state index contributed by atoms with van der Waals surface area (Å²) < 4.78 is 11.6. The fourth-order valence-electron chi connectivity index (χ4n) is 3.41. The Morgan fingerprint density at radius 3 is 2.55 bits per heavy atom. The Labute approximate surface area is 122 Å². The van der Waals surface area contributed by atoms with Gasteiger partial charge in [-0.3, -0.25) is 0 Å². The van der Waals surface area contributed by atoms with E-state index in [4.69, 9.17) is 9.47 Å². The molecule has 1 aromatic carbocycles. The average molecular weight is 277 g/mol. The predicted octanol–water partition coefficient (Wildman–Crippen LogP) is 3.41. The van der Waals surface area contributed by atoms with E-state index in [2.05, 4.69) is 44.3 Å². The molecule has 1 aliphatic rings. The van der Waals surface area contributed by atoms with E-state index in [9.17, 15) is 0 Å². The van der Waals surface area contributed by atoms with Gasteiger partial charge < -0.3 is 14.8 Å². The summed E-state index contributed by atoms with van der Waals surface area (Å²) in [4.78, 5) is 0. The maximum atomic E-state index is 6.00. The third-order valence-corrected chi connectivity index (χ3v) is 4.54. The molecule has 0 saturated carbocycles. The summed E-state index contributed by atoms with van der Waals surface area (Å²) in [6, 6.07) is 8.70. The fourth-order valence-corrected chi connectivity index (χ4v) is 3.41. The highest BCUT2D eigenvalue weighted by Crippen LogP contribution is 2.40. The molecule has 1 fully saturated rings. The zero-order chi connectivity index (χ0) is 14.7. The summed E-state index contributed by atoms with van der Waals surface area (Å²) in [6.07, 6.45) is 0.592. The van der Waals surface area contributed by atoms with Gasteiger partial charge in [-0.2, -0.15) is 0 Å². The van der Waals surface area contributed by atoms with Crippen LogP contribution in [0.3, 0.4) is 0 Å². The molecule has 0 amide bonds. The summed E-state index contributed by atoms with van der Waals surface area (Å²) in [5.74, 6) is 1.96. The number of nitrogens with one attached hydrogen (secondary N) is 1. The first-order valence-electron chi connectivity index (χ1n) is 7.64. The van der Waals surface area contributed by atoms with Gasteiger partial charge in [0.05, 0.1) is 18.8 Å². The normalized spacial score (nSPS) is 31.2. The number of ether oxygens (including phenoxy) is 2. The van der Waals surface area contributed by atoms with Gasteiger partial charge >= 0.3 is 0 Å². The van der Waals surface area contributed by atoms with Crippen LogP contribution in [0.1, 0.15) is 39.3 Å². The molecule has 1 aliphatic heterocycles. The van der Waals surface area contributed by atoms with Crippen molar-refractivity contribution in [2.24, 2.45) is 11.8 Å². The third kappa shape index (κ3) is 2.99. The average Bonchev–Trinajstić information content (AvgIpc) is 2.67. The lowest BCUT2D eigenvalue weighted by Gasteiger charge is -2.29. The number of benzene rings is 1. The van der Waals surface area contributed by atoms with E-state index in [0.717, 1.165) is 5.75 Å². The van der Waals surface area contributed by atoms with Gasteiger partial charge in [-0.25, -0.2) is 0 Å². The minimum atomic E-state index is 0.271. The van der Waals surface area contributed by atoms with Crippen molar-refractivity contribution in [3.8, 4) is 5.75 Å². The lowest BCUT2D eigenvalue weighted by molar-refractivity contribution is 0.0478. The van der Waals surface area contributed by atoms with Gasteiger partial charge in [0.2, 0.25) is 0 Å². The topological polar surface area (TPSA) is 30.5 Å². The van der Waals surface area contributed by atoms with Crippen LogP contribution >= 0.6 is 0 Å². The molecule has 1 N–H and O–H groups in total. The Hall–Kier alpha value is -1.06. The molecule has 1 heterocycles. The molecule has 0 bridgehead atoms. The molecule has 1 aromatic rings. The smallest absolute Gasteiger partial charge is 0.119 e. The van der Waals surface area contributed by atoms with E-state index >= 15 is 0 Å². The zero-order valence-electron chi connectivity index (χ0n) is 13.2. The Kier molecular flexibility index (Phi) is 5.06. The minimum Gasteiger partial charge on any atom is -0.494 e. The first-order chi connectivity index (χ1) is 9.58. The van der Waals surface area contributed by atoms with Crippen LogP contribution in [0.5, 0.6) is 5.75 Å². The molecule has 2 rings (SSSR count). The SMILES string of the molecule is CCOc1cccc(C(NC)C2C(C)OC(C)C2C)c1. The van der Waals surface area contributed by atoms with E-state index < -0.39 is 0 Å². The van der Waals surface area contributed by atoms with Gasteiger partial charge in [-0.1, -0.05) is 19.1 Å². The second-order valence-corrected chi connectivity index (χ2v) is 5.75. The molecule has 3 heteroatoms. The maximum Gasteiger partial charge on any atom is 0.119 e. The first kappa shape index (κ1) is 15.3. The van der Waals surface area contributed by atoms with E-state index in [0.29, 0.717) is 30.6 Å². The van der Waals surface area contributed by atoms with Crippen LogP contribution in [-0.2, 0) is 4.74 Å². The Bertz CT molecular complexity index is 435. The fraction of sp³-hybridized carbons (Fsp3) is 0.647. The van der Waals surface area contributed by atoms with Crippen LogP contribution in [0.15, 0.2) is 24.3 Å². The van der Waals surface area contributed by atoms with Crippen molar-refractivity contribution < 1.29 is 9.47 Å². The molecule has 0 aliphatic carbocycles. The van der Waals surface area contributed by atoms with E-state index in [1.807, 2.05) is 20.0 Å². The van der Waals surface area contributed by atoms with Crippen molar-refractivity contribution in [1.29, 1.82) is 0 Å². The molecule has 112 valence electrons. The minimum absolute atomic E-state index is 0.271. The van der Waals surface area contributed by atoms with Crippen molar-refractivity contribution >= 4 is 0 Å². The van der Waals surface area contributed by atoms with Gasteiger partial charge in [0.25, 0.3) is 0 Å². The third-order valence-electron chi connectivity index (χ3n) is 4.54. The summed E-state index contributed by atoms with van der Waals surface area (Å²) >= 11 is 0. The lowest BCUT2D eigenvalue weighted by atomic mass is 9.80. The van der Waals surface area contributed by atoms with Crippen LogP contribution in [0.4, 0.5) is 0 Å². The standard InChI is InChI=1S/C17H27NO2/c1-6-19-15-9-7-8-14(10-15)17(18-5)16-11(2)12(3)20-13(16)4/h7-13,16-18H,6H2,1-5H3. The summed E-state index contributed by atoms with van der Waals surface area (Å²) in [6.45, 7) is 9.35. The van der Waals surface area contributed by atoms with Gasteiger partial charge in [-0.05, 0) is 51.4 Å². The van der Waals surface area contributed by atoms with Crippen LogP contribution < -0.4 is 10.1 Å². The quantitative estimate of drug-likeness (QED) is 0.894. The number of hydrogen-bond donors (Lipinski definition) is 1. The molecule has 1 saturated heterocycles. The molecule has 5 atom stereocenters. The Morgan fingerprint density at radius 1 is 1.25 bits per heavy atom. The predicted molar refractivity (Wildman–Crippen MR) is 82.1 cm³/mol. The highest BCUT2D eigenvalue weighted by molar-refractivity contribution is 5.31. The summed E-state index contributed by atoms with van der Waals surface area (Å²) in [5, 5.41) is 3.48. The molecular formula is C17H27NO2. The second-order valence-electron chi connectivity index (χ2n) is 5.75. The molecule has 0 spiro atoms. The van der Waals surface area contributed by atoms with Crippen molar-refractivity contribution in [3.05, 3.63) is 29.8 Å². The molecule has 3 nitrogen and oxygen atoms in total. The van der Waals surface area contributed by atoms with Gasteiger partial charge in [-0.15, -0.1) is 0 Å². The summed E-state index contributed by atoms with van der Waals surface area (Å²) in [5.41, 5.74) is 1.28. The van der Waals surface area contributed by atoms with Crippen molar-refractivity contribution in [1.82, 2.24) is 5.32 Å². The monoisotopic (exact) mass is 277 g/mol. The molecule has 5 unspecified atom stereocenters. The number of rotatable bonds is 5. The largest absolute Gasteiger partial charge is 0.494 e. The van der Waals surface area contributed by atoms with E-state index in [1.165, 1.54) is 5.56 Å². The first-order valence-corrected chi connectivity index (χ1v) is 7.64. The van der Waals surface area contributed by atoms with Crippen molar-refractivity contribution in [2.45, 2.75) is 45.9 Å². The van der Waals surface area contributed by atoms with Gasteiger partial charge in [0.15, 0.2) is 0 Å². The summed E-state index contributed by atoms with van der Waals surface area (Å²) in [7, 11) is 2.03. The van der Waals surface area contributed by atoms with Gasteiger partial charge in [0, 0.05) is 12.0 Å². The van der Waals surface area contributed by atoms with Gasteiger partial charge in [0.1, 0.15) is 5.75 Å².